The van der Waals surface area contributed by atoms with Gasteiger partial charge in [0.25, 0.3) is 0 Å². The van der Waals surface area contributed by atoms with Crippen LogP contribution in [0.15, 0.2) is 67.5 Å². The molecule has 3 nitrogen and oxygen atoms in total. The molecule has 0 saturated heterocycles. The number of nitrogens with zero attached hydrogens (tertiary/aromatic N) is 1. The molecule has 3 aliphatic rings. The van der Waals surface area contributed by atoms with Gasteiger partial charge in [-0.3, -0.25) is 4.98 Å². The van der Waals surface area contributed by atoms with Crippen molar-refractivity contribution in [2.45, 2.75) is 106 Å². The molecular formula is C37H62N2OS. The third-order valence-electron chi connectivity index (χ3n) is 8.45. The van der Waals surface area contributed by atoms with Crippen LogP contribution in [0.1, 0.15) is 110 Å². The van der Waals surface area contributed by atoms with E-state index in [1.165, 1.54) is 56.0 Å². The summed E-state index contributed by atoms with van der Waals surface area (Å²) in [5.41, 5.74) is 9.17. The number of allylic oxidation sites excluding steroid dienone is 2. The van der Waals surface area contributed by atoms with Crippen LogP contribution < -0.4 is 5.73 Å². The lowest BCUT2D eigenvalue weighted by molar-refractivity contribution is 0.0409. The number of pyridine rings is 1. The lowest BCUT2D eigenvalue weighted by Gasteiger charge is -2.50. The first-order valence-corrected chi connectivity index (χ1v) is 17.5. The van der Waals surface area contributed by atoms with Gasteiger partial charge in [0.05, 0.1) is 0 Å². The van der Waals surface area contributed by atoms with Crippen molar-refractivity contribution in [2.24, 2.45) is 28.9 Å². The van der Waals surface area contributed by atoms with Gasteiger partial charge in [-0.15, -0.1) is 0 Å². The molecule has 41 heavy (non-hydrogen) atoms. The van der Waals surface area contributed by atoms with E-state index in [2.05, 4.69) is 48.7 Å². The highest BCUT2D eigenvalue weighted by Crippen LogP contribution is 2.63. The monoisotopic (exact) mass is 582 g/mol. The van der Waals surface area contributed by atoms with Gasteiger partial charge in [0.1, 0.15) is 5.75 Å². The predicted molar refractivity (Wildman–Crippen MR) is 186 cm³/mol. The van der Waals surface area contributed by atoms with Crippen molar-refractivity contribution in [1.82, 2.24) is 4.98 Å². The molecule has 5 unspecified atom stereocenters. The highest BCUT2D eigenvalue weighted by atomic mass is 32.2. The fraction of sp³-hybridized carbons (Fsp3) is 0.595. The first kappa shape index (κ1) is 38.8. The number of hydrogen-bond donors (Lipinski definition) is 2. The molecule has 0 amide bonds. The Morgan fingerprint density at radius 1 is 1.05 bits per heavy atom. The Kier molecular flexibility index (Phi) is 21.2. The average molecular weight is 583 g/mol. The molecule has 4 heteroatoms. The molecule has 5 rings (SSSR count). The summed E-state index contributed by atoms with van der Waals surface area (Å²) >= 11 is 1.95. The average Bonchev–Trinajstić information content (AvgIpc) is 3.35. The second kappa shape index (κ2) is 22.4. The van der Waals surface area contributed by atoms with E-state index < -0.39 is 0 Å². The Morgan fingerprint density at radius 2 is 1.73 bits per heavy atom. The first-order chi connectivity index (χ1) is 19.9. The first-order valence-electron chi connectivity index (χ1n) is 16.1. The van der Waals surface area contributed by atoms with Gasteiger partial charge in [-0.05, 0) is 135 Å². The van der Waals surface area contributed by atoms with Crippen LogP contribution in [0.5, 0.6) is 5.75 Å². The van der Waals surface area contributed by atoms with Crippen molar-refractivity contribution >= 4 is 11.8 Å². The van der Waals surface area contributed by atoms with Crippen LogP contribution in [0.2, 0.25) is 0 Å². The van der Waals surface area contributed by atoms with Gasteiger partial charge >= 0.3 is 0 Å². The molecule has 0 bridgehead atoms. The van der Waals surface area contributed by atoms with Crippen LogP contribution in [-0.4, -0.2) is 22.1 Å². The third-order valence-corrected chi connectivity index (χ3v) is 9.10. The highest BCUT2D eigenvalue weighted by Gasteiger charge is 2.53. The zero-order chi connectivity index (χ0) is 31.3. The Morgan fingerprint density at radius 3 is 2.29 bits per heavy atom. The Hall–Kier alpha value is -2.20. The summed E-state index contributed by atoms with van der Waals surface area (Å²) < 4.78 is 0. The standard InChI is InChI=1S/C23H32OS.C6H7N.C2H5N.3C2H6/c1-23-13-12-20-19-10-8-18(24)15-16(19)6-9-21(20)22(23)11-7-17(23)5-3-4-14-25-2;1-6-4-2-3-5-7-6;1-2-3;3*1-2/h3,5,8,10,15,17,20-22,24H,4,6-7,9,11-14H2,1-2H3;2-5H,1H3;2H,1,3H2;3*1-2H3. The molecule has 3 N–H and O–H groups in total. The van der Waals surface area contributed by atoms with Gasteiger partial charge in [-0.1, -0.05) is 79.3 Å². The van der Waals surface area contributed by atoms with Crippen molar-refractivity contribution < 1.29 is 5.11 Å². The molecular weight excluding hydrogens is 520 g/mol. The van der Waals surface area contributed by atoms with Crippen molar-refractivity contribution in [3.63, 3.8) is 0 Å². The number of phenolic OH excluding ortho intramolecular Hbond substituents is 1. The molecule has 3 aliphatic carbocycles. The molecule has 5 atom stereocenters. The van der Waals surface area contributed by atoms with Crippen LogP contribution in [0.3, 0.4) is 0 Å². The van der Waals surface area contributed by atoms with Gasteiger partial charge in [0.15, 0.2) is 0 Å². The van der Waals surface area contributed by atoms with Gasteiger partial charge in [-0.2, -0.15) is 11.8 Å². The van der Waals surface area contributed by atoms with Gasteiger partial charge in [0.2, 0.25) is 0 Å². The van der Waals surface area contributed by atoms with E-state index in [0.29, 0.717) is 11.2 Å². The van der Waals surface area contributed by atoms with E-state index in [-0.39, 0.29) is 0 Å². The van der Waals surface area contributed by atoms with Crippen LogP contribution >= 0.6 is 11.8 Å². The third kappa shape index (κ3) is 11.5. The van der Waals surface area contributed by atoms with Gasteiger partial charge in [0, 0.05) is 11.9 Å². The minimum atomic E-state index is 0.439. The smallest absolute Gasteiger partial charge is 0.115 e. The van der Waals surface area contributed by atoms with Crippen molar-refractivity contribution in [3.8, 4) is 5.75 Å². The molecule has 0 aliphatic heterocycles. The molecule has 0 spiro atoms. The maximum atomic E-state index is 9.82. The van der Waals surface area contributed by atoms with Crippen LogP contribution in [0.4, 0.5) is 0 Å². The largest absolute Gasteiger partial charge is 0.508 e. The summed E-state index contributed by atoms with van der Waals surface area (Å²) in [7, 11) is 0. The molecule has 2 aromatic rings. The van der Waals surface area contributed by atoms with Crippen LogP contribution in [0.25, 0.3) is 0 Å². The lowest BCUT2D eigenvalue weighted by Crippen LogP contribution is -2.41. The Labute approximate surface area is 258 Å². The maximum Gasteiger partial charge on any atom is 0.115 e. The summed E-state index contributed by atoms with van der Waals surface area (Å²) in [6, 6.07) is 12.0. The van der Waals surface area contributed by atoms with Gasteiger partial charge in [-0.25, -0.2) is 0 Å². The number of hydrogen-bond acceptors (Lipinski definition) is 4. The highest BCUT2D eigenvalue weighted by molar-refractivity contribution is 7.98. The minimum Gasteiger partial charge on any atom is -0.508 e. The number of benzene rings is 1. The number of aromatic hydroxyl groups is 1. The number of nitrogens with two attached hydrogens (primary N) is 1. The molecule has 0 radical (unpaired) electrons. The number of aryl methyl sites for hydroxylation is 2. The second-order valence-corrected chi connectivity index (χ2v) is 11.4. The number of phenols is 1. The Bertz CT molecular complexity index is 961. The molecule has 1 aromatic heterocycles. The predicted octanol–water partition coefficient (Wildman–Crippen LogP) is 10.7. The van der Waals surface area contributed by atoms with Crippen molar-refractivity contribution in [2.75, 3.05) is 12.0 Å². The summed E-state index contributed by atoms with van der Waals surface area (Å²) in [5.74, 6) is 4.97. The topological polar surface area (TPSA) is 59.1 Å². The van der Waals surface area contributed by atoms with E-state index in [1.54, 1.807) is 11.8 Å². The van der Waals surface area contributed by atoms with Crippen molar-refractivity contribution in [3.05, 3.63) is 84.3 Å². The number of fused-ring (bicyclic) bond motifs is 5. The van der Waals surface area contributed by atoms with Gasteiger partial charge < -0.3 is 10.8 Å². The number of rotatable bonds is 4. The van der Waals surface area contributed by atoms with E-state index in [4.69, 9.17) is 0 Å². The van der Waals surface area contributed by atoms with E-state index in [9.17, 15) is 5.11 Å². The SMILES string of the molecule is C=CN.CC.CC.CC.CSCCC=CC1CCC2C3CCc4cc(O)ccc4C3CCC12C.Cc1ccccn1. The molecule has 1 heterocycles. The van der Waals surface area contributed by atoms with E-state index >= 15 is 0 Å². The molecule has 2 saturated carbocycles. The maximum absolute atomic E-state index is 9.82. The summed E-state index contributed by atoms with van der Waals surface area (Å²) in [5, 5.41) is 9.82. The summed E-state index contributed by atoms with van der Waals surface area (Å²) in [6.45, 7) is 19.7. The fourth-order valence-electron chi connectivity index (χ4n) is 6.82. The fourth-order valence-corrected chi connectivity index (χ4v) is 7.19. The quantitative estimate of drug-likeness (QED) is 0.278. The normalized spacial score (nSPS) is 24.7. The molecule has 2 fully saturated rings. The zero-order valence-corrected chi connectivity index (χ0v) is 28.6. The Balaban J connectivity index is 0.000000834. The number of aromatic nitrogens is 1. The molecule has 1 aromatic carbocycles. The van der Waals surface area contributed by atoms with E-state index in [0.717, 1.165) is 35.8 Å². The summed E-state index contributed by atoms with van der Waals surface area (Å²) in [4.78, 5) is 3.98. The minimum absolute atomic E-state index is 0.439. The second-order valence-electron chi connectivity index (χ2n) is 10.4. The lowest BCUT2D eigenvalue weighted by atomic mass is 9.54. The zero-order valence-electron chi connectivity index (χ0n) is 27.8. The summed E-state index contributed by atoms with van der Waals surface area (Å²) in [6.07, 6.45) is 19.5. The van der Waals surface area contributed by atoms with Crippen LogP contribution in [0, 0.1) is 30.1 Å². The van der Waals surface area contributed by atoms with Crippen molar-refractivity contribution in [1.29, 1.82) is 0 Å². The van der Waals surface area contributed by atoms with Crippen LogP contribution in [-0.2, 0) is 6.42 Å². The van der Waals surface area contributed by atoms with E-state index in [1.807, 2.05) is 90.6 Å². The molecule has 232 valence electrons. The number of thioether (sulfide) groups is 1.